The van der Waals surface area contributed by atoms with Crippen molar-refractivity contribution >= 4 is 11.9 Å². The fourth-order valence-electron chi connectivity index (χ4n) is 3.60. The third-order valence-electron chi connectivity index (χ3n) is 5.03. The number of morpholine rings is 1. The number of carbonyl (C=O) groups is 1. The van der Waals surface area contributed by atoms with Crippen LogP contribution < -0.4 is 11.1 Å². The molecular formula is C17H33N5O2. The summed E-state index contributed by atoms with van der Waals surface area (Å²) in [6.07, 6.45) is 5.05. The molecule has 0 aromatic rings. The average molecular weight is 339 g/mol. The maximum absolute atomic E-state index is 12.5. The molecule has 1 aliphatic heterocycles. The van der Waals surface area contributed by atoms with Crippen LogP contribution in [0, 0.1) is 5.41 Å². The first-order valence-corrected chi connectivity index (χ1v) is 9.09. The van der Waals surface area contributed by atoms with Crippen LogP contribution in [0.3, 0.4) is 0 Å². The summed E-state index contributed by atoms with van der Waals surface area (Å²) in [5.74, 6) is 0.638. The summed E-state index contributed by atoms with van der Waals surface area (Å²) < 4.78 is 5.34. The SMILES string of the molecule is CN(C)C(=O)C1(CN=C(N)NCCCN2CCOCC2)CCCC1. The number of rotatable bonds is 7. The molecule has 3 N–H and O–H groups in total. The lowest BCUT2D eigenvalue weighted by Crippen LogP contribution is -2.42. The van der Waals surface area contributed by atoms with Gasteiger partial charge in [0.25, 0.3) is 0 Å². The molecule has 0 aromatic heterocycles. The minimum absolute atomic E-state index is 0.184. The molecule has 0 spiro atoms. The van der Waals surface area contributed by atoms with E-state index in [0.717, 1.165) is 71.5 Å². The Kier molecular flexibility index (Phi) is 7.30. The molecule has 1 aliphatic carbocycles. The summed E-state index contributed by atoms with van der Waals surface area (Å²) in [6, 6.07) is 0. The van der Waals surface area contributed by atoms with Gasteiger partial charge in [0.05, 0.1) is 25.2 Å². The van der Waals surface area contributed by atoms with E-state index in [0.29, 0.717) is 12.5 Å². The Balaban J connectivity index is 1.72. The van der Waals surface area contributed by atoms with E-state index >= 15 is 0 Å². The van der Waals surface area contributed by atoms with Crippen molar-refractivity contribution in [1.82, 2.24) is 15.1 Å². The predicted octanol–water partition coefficient (Wildman–Crippen LogP) is 0.262. The van der Waals surface area contributed by atoms with Crippen LogP contribution in [-0.2, 0) is 9.53 Å². The molecule has 1 amide bonds. The van der Waals surface area contributed by atoms with E-state index in [-0.39, 0.29) is 11.3 Å². The van der Waals surface area contributed by atoms with Crippen LogP contribution in [0.1, 0.15) is 32.1 Å². The van der Waals surface area contributed by atoms with E-state index in [1.165, 1.54) is 0 Å². The second-order valence-corrected chi connectivity index (χ2v) is 7.12. The maximum Gasteiger partial charge on any atom is 0.230 e. The minimum atomic E-state index is -0.344. The maximum atomic E-state index is 12.5. The Morgan fingerprint density at radius 2 is 1.96 bits per heavy atom. The number of carbonyl (C=O) groups excluding carboxylic acids is 1. The summed E-state index contributed by atoms with van der Waals surface area (Å²) in [6.45, 7) is 6.04. The number of hydrogen-bond acceptors (Lipinski definition) is 4. The van der Waals surface area contributed by atoms with Crippen LogP contribution in [-0.4, -0.2) is 81.7 Å². The molecule has 0 bridgehead atoms. The molecular weight excluding hydrogens is 306 g/mol. The first kappa shape index (κ1) is 19.0. The molecule has 24 heavy (non-hydrogen) atoms. The van der Waals surface area contributed by atoms with E-state index in [4.69, 9.17) is 10.5 Å². The van der Waals surface area contributed by atoms with Gasteiger partial charge in [-0.15, -0.1) is 0 Å². The Labute approximate surface area is 145 Å². The Hall–Kier alpha value is -1.34. The molecule has 7 nitrogen and oxygen atoms in total. The van der Waals surface area contributed by atoms with E-state index in [2.05, 4.69) is 15.2 Å². The topological polar surface area (TPSA) is 83.2 Å². The zero-order valence-corrected chi connectivity index (χ0v) is 15.2. The predicted molar refractivity (Wildman–Crippen MR) is 96.0 cm³/mol. The van der Waals surface area contributed by atoms with Crippen molar-refractivity contribution in [3.8, 4) is 0 Å². The number of amides is 1. The van der Waals surface area contributed by atoms with Crippen molar-refractivity contribution in [2.24, 2.45) is 16.1 Å². The van der Waals surface area contributed by atoms with Gasteiger partial charge < -0.3 is 20.7 Å². The first-order valence-electron chi connectivity index (χ1n) is 9.09. The number of hydrogen-bond donors (Lipinski definition) is 2. The molecule has 138 valence electrons. The molecule has 2 aliphatic rings. The highest BCUT2D eigenvalue weighted by atomic mass is 16.5. The Morgan fingerprint density at radius 3 is 2.58 bits per heavy atom. The van der Waals surface area contributed by atoms with Gasteiger partial charge >= 0.3 is 0 Å². The zero-order valence-electron chi connectivity index (χ0n) is 15.2. The Bertz CT molecular complexity index is 427. The third kappa shape index (κ3) is 5.34. The van der Waals surface area contributed by atoms with Gasteiger partial charge in [-0.25, -0.2) is 0 Å². The lowest BCUT2D eigenvalue weighted by molar-refractivity contribution is -0.138. The first-order chi connectivity index (χ1) is 11.5. The van der Waals surface area contributed by atoms with Gasteiger partial charge in [-0.05, 0) is 25.8 Å². The van der Waals surface area contributed by atoms with Crippen molar-refractivity contribution in [3.63, 3.8) is 0 Å². The smallest absolute Gasteiger partial charge is 0.230 e. The van der Waals surface area contributed by atoms with Crippen molar-refractivity contribution in [2.75, 3.05) is 60.0 Å². The summed E-state index contributed by atoms with van der Waals surface area (Å²) in [5, 5.41) is 3.18. The van der Waals surface area contributed by atoms with Crippen LogP contribution in [0.5, 0.6) is 0 Å². The van der Waals surface area contributed by atoms with Gasteiger partial charge in [-0.3, -0.25) is 14.7 Å². The second-order valence-electron chi connectivity index (χ2n) is 7.12. The van der Waals surface area contributed by atoms with Crippen LogP contribution >= 0.6 is 0 Å². The lowest BCUT2D eigenvalue weighted by atomic mass is 9.85. The fourth-order valence-corrected chi connectivity index (χ4v) is 3.60. The standard InChI is InChI=1S/C17H33N5O2/c1-21(2)15(23)17(6-3-4-7-17)14-20-16(18)19-8-5-9-22-10-12-24-13-11-22/h3-14H2,1-2H3,(H3,18,19,20). The van der Waals surface area contributed by atoms with Crippen LogP contribution in [0.15, 0.2) is 4.99 Å². The molecule has 1 heterocycles. The van der Waals surface area contributed by atoms with Crippen LogP contribution in [0.4, 0.5) is 0 Å². The average Bonchev–Trinajstić information content (AvgIpc) is 3.07. The highest BCUT2D eigenvalue weighted by Gasteiger charge is 2.41. The molecule has 1 saturated heterocycles. The van der Waals surface area contributed by atoms with E-state index in [1.54, 1.807) is 4.90 Å². The number of nitrogens with one attached hydrogen (secondary N) is 1. The van der Waals surface area contributed by atoms with Gasteiger partial charge in [0.2, 0.25) is 5.91 Å². The molecule has 0 unspecified atom stereocenters. The van der Waals surface area contributed by atoms with Crippen molar-refractivity contribution in [1.29, 1.82) is 0 Å². The van der Waals surface area contributed by atoms with E-state index < -0.39 is 0 Å². The molecule has 0 radical (unpaired) electrons. The zero-order chi connectivity index (χ0) is 17.4. The lowest BCUT2D eigenvalue weighted by Gasteiger charge is -2.29. The fraction of sp³-hybridized carbons (Fsp3) is 0.882. The molecule has 1 saturated carbocycles. The molecule has 2 fully saturated rings. The highest BCUT2D eigenvalue weighted by Crippen LogP contribution is 2.39. The summed E-state index contributed by atoms with van der Waals surface area (Å²) in [5.41, 5.74) is 5.64. The largest absolute Gasteiger partial charge is 0.379 e. The number of nitrogens with two attached hydrogens (primary N) is 1. The van der Waals surface area contributed by atoms with Crippen LogP contribution in [0.2, 0.25) is 0 Å². The number of aliphatic imine (C=N–C) groups is 1. The van der Waals surface area contributed by atoms with Crippen molar-refractivity contribution in [3.05, 3.63) is 0 Å². The number of guanidine groups is 1. The van der Waals surface area contributed by atoms with E-state index in [9.17, 15) is 4.79 Å². The van der Waals surface area contributed by atoms with E-state index in [1.807, 2.05) is 14.1 Å². The molecule has 7 heteroatoms. The van der Waals surface area contributed by atoms with Crippen molar-refractivity contribution < 1.29 is 9.53 Å². The van der Waals surface area contributed by atoms with Crippen LogP contribution in [0.25, 0.3) is 0 Å². The minimum Gasteiger partial charge on any atom is -0.379 e. The van der Waals surface area contributed by atoms with Gasteiger partial charge in [0.15, 0.2) is 5.96 Å². The van der Waals surface area contributed by atoms with Gasteiger partial charge in [0, 0.05) is 33.7 Å². The summed E-state index contributed by atoms with van der Waals surface area (Å²) in [4.78, 5) is 21.1. The number of nitrogens with zero attached hydrogens (tertiary/aromatic N) is 3. The third-order valence-corrected chi connectivity index (χ3v) is 5.03. The molecule has 0 atom stereocenters. The number of ether oxygens (including phenoxy) is 1. The van der Waals surface area contributed by atoms with Crippen molar-refractivity contribution in [2.45, 2.75) is 32.1 Å². The quantitative estimate of drug-likeness (QED) is 0.395. The second kappa shape index (κ2) is 9.22. The summed E-state index contributed by atoms with van der Waals surface area (Å²) in [7, 11) is 3.64. The highest BCUT2D eigenvalue weighted by molar-refractivity contribution is 5.84. The van der Waals surface area contributed by atoms with Gasteiger partial charge in [-0.1, -0.05) is 12.8 Å². The Morgan fingerprint density at radius 1 is 1.29 bits per heavy atom. The normalized spacial score (nSPS) is 21.7. The molecule has 2 rings (SSSR count). The summed E-state index contributed by atoms with van der Waals surface area (Å²) >= 11 is 0. The monoisotopic (exact) mass is 339 g/mol. The van der Waals surface area contributed by atoms with Gasteiger partial charge in [0.1, 0.15) is 0 Å². The van der Waals surface area contributed by atoms with Gasteiger partial charge in [-0.2, -0.15) is 0 Å². The molecule has 0 aromatic carbocycles.